The number of hydrogen-bond donors (Lipinski definition) is 0. The van der Waals surface area contributed by atoms with Crippen LogP contribution in [0.3, 0.4) is 0 Å². The molecule has 1 aromatic carbocycles. The topological polar surface area (TPSA) is 77.3 Å². The average Bonchev–Trinajstić information content (AvgIpc) is 3.01. The van der Waals surface area contributed by atoms with E-state index in [0.29, 0.717) is 18.7 Å². The fourth-order valence-electron chi connectivity index (χ4n) is 4.20. The number of fused-ring (bicyclic) bond motifs is 1. The second-order valence-corrected chi connectivity index (χ2v) is 9.44. The van der Waals surface area contributed by atoms with E-state index >= 15 is 0 Å². The van der Waals surface area contributed by atoms with Crippen molar-refractivity contribution in [2.45, 2.75) is 25.2 Å². The largest absolute Gasteiger partial charge is 0.292 e. The Morgan fingerprint density at radius 2 is 1.74 bits per heavy atom. The van der Waals surface area contributed by atoms with E-state index < -0.39 is 9.84 Å². The van der Waals surface area contributed by atoms with Crippen LogP contribution in [0.4, 0.5) is 0 Å². The highest BCUT2D eigenvalue weighted by Gasteiger charge is 2.46. The highest BCUT2D eigenvalue weighted by Crippen LogP contribution is 2.29. The van der Waals surface area contributed by atoms with Gasteiger partial charge in [-0.15, -0.1) is 0 Å². The molecule has 0 radical (unpaired) electrons. The normalized spacial score (nSPS) is 25.0. The molecule has 0 bridgehead atoms. The summed E-state index contributed by atoms with van der Waals surface area (Å²) in [6.45, 7) is 2.92. The van der Waals surface area contributed by atoms with Crippen LogP contribution in [0.15, 0.2) is 48.8 Å². The maximum atomic E-state index is 12.4. The number of aromatic nitrogens is 1. The lowest BCUT2D eigenvalue weighted by molar-refractivity contribution is 0.0354. The summed E-state index contributed by atoms with van der Waals surface area (Å²) in [5.41, 5.74) is 2.72. The molecule has 0 N–H and O–H groups in total. The summed E-state index contributed by atoms with van der Waals surface area (Å²) in [6, 6.07) is 13.7. The third kappa shape index (κ3) is 3.88. The van der Waals surface area contributed by atoms with Crippen molar-refractivity contribution in [1.29, 1.82) is 5.26 Å². The first-order valence-corrected chi connectivity index (χ1v) is 10.9. The van der Waals surface area contributed by atoms with E-state index in [0.717, 1.165) is 24.2 Å². The van der Waals surface area contributed by atoms with Crippen molar-refractivity contribution in [3.8, 4) is 6.07 Å². The monoisotopic (exact) mass is 382 g/mol. The van der Waals surface area contributed by atoms with Gasteiger partial charge in [-0.25, -0.2) is 8.42 Å². The van der Waals surface area contributed by atoms with Crippen LogP contribution < -0.4 is 0 Å². The molecule has 27 heavy (non-hydrogen) atoms. The highest BCUT2D eigenvalue weighted by atomic mass is 32.2. The zero-order valence-electron chi connectivity index (χ0n) is 15.0. The minimum atomic E-state index is -3.06. The number of nitrogens with zero attached hydrogens (tertiary/aromatic N) is 4. The van der Waals surface area contributed by atoms with Crippen molar-refractivity contribution < 1.29 is 8.42 Å². The average molecular weight is 382 g/mol. The standard InChI is InChI=1S/C20H22N4O2S/c21-10-17-5-1-2-6-18(17)13-24-9-8-23(12-16-4-3-7-22-11-16)19-14-27(25,26)15-20(19)24/h1-7,11,19-20H,8-9,12-15H2/t19-,20+/m1/s1. The molecule has 2 aliphatic heterocycles. The van der Waals surface area contributed by atoms with E-state index in [1.54, 1.807) is 6.20 Å². The lowest BCUT2D eigenvalue weighted by Gasteiger charge is -2.44. The maximum Gasteiger partial charge on any atom is 0.153 e. The zero-order valence-corrected chi connectivity index (χ0v) is 15.8. The second-order valence-electron chi connectivity index (χ2n) is 7.28. The van der Waals surface area contributed by atoms with Crippen molar-refractivity contribution in [3.63, 3.8) is 0 Å². The van der Waals surface area contributed by atoms with Gasteiger partial charge in [-0.2, -0.15) is 5.26 Å². The summed E-state index contributed by atoms with van der Waals surface area (Å²) in [5, 5.41) is 9.35. The molecule has 1 aromatic heterocycles. The maximum absolute atomic E-state index is 12.4. The molecule has 0 unspecified atom stereocenters. The molecule has 2 aromatic rings. The second kappa shape index (κ2) is 7.39. The van der Waals surface area contributed by atoms with Crippen LogP contribution in [0.2, 0.25) is 0 Å². The predicted octanol–water partition coefficient (Wildman–Crippen LogP) is 1.44. The van der Waals surface area contributed by atoms with Gasteiger partial charge in [0, 0.05) is 50.7 Å². The number of nitriles is 1. The Bertz CT molecular complexity index is 955. The molecule has 140 valence electrons. The summed E-state index contributed by atoms with van der Waals surface area (Å²) in [7, 11) is -3.06. The van der Waals surface area contributed by atoms with Crippen LogP contribution in [0.25, 0.3) is 0 Å². The number of pyridine rings is 1. The van der Waals surface area contributed by atoms with Gasteiger partial charge in [0.05, 0.1) is 23.1 Å². The number of benzene rings is 1. The van der Waals surface area contributed by atoms with Crippen molar-refractivity contribution in [3.05, 3.63) is 65.5 Å². The Morgan fingerprint density at radius 1 is 1.04 bits per heavy atom. The number of rotatable bonds is 4. The van der Waals surface area contributed by atoms with Crippen molar-refractivity contribution in [1.82, 2.24) is 14.8 Å². The number of hydrogen-bond acceptors (Lipinski definition) is 6. The summed E-state index contributed by atoms with van der Waals surface area (Å²) in [6.07, 6.45) is 3.59. The molecule has 0 spiro atoms. The van der Waals surface area contributed by atoms with Gasteiger partial charge in [0.1, 0.15) is 0 Å². The molecule has 7 heteroatoms. The molecular weight excluding hydrogens is 360 g/mol. The fourth-order valence-corrected chi connectivity index (χ4v) is 6.24. The Kier molecular flexibility index (Phi) is 4.96. The Labute approximate surface area is 160 Å². The van der Waals surface area contributed by atoms with Gasteiger partial charge < -0.3 is 0 Å². The molecule has 6 nitrogen and oxygen atoms in total. The van der Waals surface area contributed by atoms with Gasteiger partial charge >= 0.3 is 0 Å². The Balaban J connectivity index is 1.56. The molecule has 2 saturated heterocycles. The third-order valence-electron chi connectivity index (χ3n) is 5.53. The van der Waals surface area contributed by atoms with Crippen molar-refractivity contribution in [2.24, 2.45) is 0 Å². The molecular formula is C20H22N4O2S. The van der Waals surface area contributed by atoms with E-state index in [-0.39, 0.29) is 23.6 Å². The molecule has 2 fully saturated rings. The summed E-state index contributed by atoms with van der Waals surface area (Å²) >= 11 is 0. The lowest BCUT2D eigenvalue weighted by atomic mass is 10.0. The molecule has 2 atom stereocenters. The van der Waals surface area contributed by atoms with E-state index in [2.05, 4.69) is 20.9 Å². The van der Waals surface area contributed by atoms with Crippen molar-refractivity contribution >= 4 is 9.84 Å². The van der Waals surface area contributed by atoms with Crippen LogP contribution >= 0.6 is 0 Å². The van der Waals surface area contributed by atoms with Gasteiger partial charge in [0.2, 0.25) is 0 Å². The first-order valence-electron chi connectivity index (χ1n) is 9.11. The Morgan fingerprint density at radius 3 is 2.41 bits per heavy atom. The predicted molar refractivity (Wildman–Crippen MR) is 102 cm³/mol. The number of piperazine rings is 1. The first kappa shape index (κ1) is 18.1. The van der Waals surface area contributed by atoms with Gasteiger partial charge in [-0.05, 0) is 23.3 Å². The van der Waals surface area contributed by atoms with Gasteiger partial charge in [0.25, 0.3) is 0 Å². The van der Waals surface area contributed by atoms with Crippen molar-refractivity contribution in [2.75, 3.05) is 24.6 Å². The highest BCUT2D eigenvalue weighted by molar-refractivity contribution is 7.91. The van der Waals surface area contributed by atoms with E-state index in [1.807, 2.05) is 42.6 Å². The fraction of sp³-hybridized carbons (Fsp3) is 0.400. The van der Waals surface area contributed by atoms with E-state index in [9.17, 15) is 13.7 Å². The zero-order chi connectivity index (χ0) is 18.9. The summed E-state index contributed by atoms with van der Waals surface area (Å²) in [5.74, 6) is 0.393. The quantitative estimate of drug-likeness (QED) is 0.796. The molecule has 0 aliphatic carbocycles. The number of sulfone groups is 1. The van der Waals surface area contributed by atoms with E-state index in [1.165, 1.54) is 0 Å². The van der Waals surface area contributed by atoms with Gasteiger partial charge in [0.15, 0.2) is 9.84 Å². The van der Waals surface area contributed by atoms with Crippen LogP contribution in [-0.4, -0.2) is 59.9 Å². The van der Waals surface area contributed by atoms with Gasteiger partial charge in [-0.1, -0.05) is 24.3 Å². The van der Waals surface area contributed by atoms with Crippen LogP contribution in [0, 0.1) is 11.3 Å². The van der Waals surface area contributed by atoms with Crippen LogP contribution in [0.5, 0.6) is 0 Å². The summed E-state index contributed by atoms with van der Waals surface area (Å²) in [4.78, 5) is 8.69. The minimum Gasteiger partial charge on any atom is -0.292 e. The van der Waals surface area contributed by atoms with Gasteiger partial charge in [-0.3, -0.25) is 14.8 Å². The van der Waals surface area contributed by atoms with Crippen LogP contribution in [-0.2, 0) is 22.9 Å². The molecule has 0 saturated carbocycles. The minimum absolute atomic E-state index is 0.0156. The third-order valence-corrected chi connectivity index (χ3v) is 7.22. The smallest absolute Gasteiger partial charge is 0.153 e. The first-order chi connectivity index (χ1) is 13.1. The molecule has 4 rings (SSSR count). The van der Waals surface area contributed by atoms with E-state index in [4.69, 9.17) is 0 Å². The van der Waals surface area contributed by atoms with Crippen LogP contribution in [0.1, 0.15) is 16.7 Å². The molecule has 3 heterocycles. The SMILES string of the molecule is N#Cc1ccccc1CN1CCN(Cc2cccnc2)[C@@H]2CS(=O)(=O)C[C@@H]21. The lowest BCUT2D eigenvalue weighted by Crippen LogP contribution is -2.58. The summed E-state index contributed by atoms with van der Waals surface area (Å²) < 4.78 is 24.8. The molecule has 0 amide bonds. The Hall–Kier alpha value is -2.27. The molecule has 2 aliphatic rings.